The normalized spacial score (nSPS) is 17.4. The molecule has 1 saturated heterocycles. The summed E-state index contributed by atoms with van der Waals surface area (Å²) in [5, 5.41) is 3.21. The van der Waals surface area contributed by atoms with Gasteiger partial charge in [-0.1, -0.05) is 6.07 Å². The van der Waals surface area contributed by atoms with Crippen LogP contribution < -0.4 is 10.1 Å². The highest BCUT2D eigenvalue weighted by atomic mass is 35.5. The Morgan fingerprint density at radius 1 is 1.26 bits per heavy atom. The van der Waals surface area contributed by atoms with Gasteiger partial charge in [0, 0.05) is 37.8 Å². The van der Waals surface area contributed by atoms with Crippen LogP contribution in [-0.4, -0.2) is 44.9 Å². The van der Waals surface area contributed by atoms with Crippen LogP contribution in [0.1, 0.15) is 23.6 Å². The molecular weight excluding hydrogens is 336 g/mol. The Bertz CT molecular complexity index is 493. The van der Waals surface area contributed by atoms with Crippen LogP contribution >= 0.6 is 12.4 Å². The predicted octanol–water partition coefficient (Wildman–Crippen LogP) is 3.44. The van der Waals surface area contributed by atoms with Crippen molar-refractivity contribution >= 4 is 12.4 Å². The van der Waals surface area contributed by atoms with Crippen molar-refractivity contribution in [2.24, 2.45) is 0 Å². The topological polar surface area (TPSA) is 24.5 Å². The van der Waals surface area contributed by atoms with E-state index in [0.29, 0.717) is 5.56 Å². The van der Waals surface area contributed by atoms with Crippen LogP contribution in [0.3, 0.4) is 0 Å². The summed E-state index contributed by atoms with van der Waals surface area (Å²) in [4.78, 5) is 2.08. The Labute approximate surface area is 139 Å². The molecule has 1 atom stereocenters. The maximum absolute atomic E-state index is 12.9. The van der Waals surface area contributed by atoms with Crippen LogP contribution in [0.2, 0.25) is 0 Å². The molecule has 8 heteroatoms. The average Bonchev–Trinajstić information content (AvgIpc) is 2.52. The molecule has 0 saturated carbocycles. The molecule has 0 spiro atoms. The zero-order valence-corrected chi connectivity index (χ0v) is 13.6. The molecule has 1 aliphatic heterocycles. The van der Waals surface area contributed by atoms with Gasteiger partial charge in [-0.2, -0.15) is 13.2 Å². The molecule has 0 aromatic heterocycles. The number of hydrogen-bond donors (Lipinski definition) is 1. The van der Waals surface area contributed by atoms with Gasteiger partial charge in [-0.25, -0.2) is 0 Å². The third kappa shape index (κ3) is 4.96. The van der Waals surface area contributed by atoms with Gasteiger partial charge in [0.25, 0.3) is 0 Å². The van der Waals surface area contributed by atoms with Crippen molar-refractivity contribution in [3.05, 3.63) is 29.3 Å². The zero-order chi connectivity index (χ0) is 16.2. The zero-order valence-electron chi connectivity index (χ0n) is 12.8. The van der Waals surface area contributed by atoms with E-state index < -0.39 is 18.4 Å². The van der Waals surface area contributed by atoms with E-state index in [9.17, 15) is 17.6 Å². The van der Waals surface area contributed by atoms with Crippen molar-refractivity contribution in [1.29, 1.82) is 0 Å². The van der Waals surface area contributed by atoms with Gasteiger partial charge in [-0.05, 0) is 18.6 Å². The molecule has 2 rings (SSSR count). The summed E-state index contributed by atoms with van der Waals surface area (Å²) in [5.74, 6) is 0.159. The maximum atomic E-state index is 12.9. The standard InChI is InChI=1S/C15H20F4N2O.ClH/c1-22-14-10-11(15(17,18)19)2-3-12(14)13(4-5-16)21-8-6-20-7-9-21;/h2-3,10,13,20H,4-9H2,1H3;1H/t13-;/m0./s1. The second kappa shape index (κ2) is 8.70. The van der Waals surface area contributed by atoms with Gasteiger partial charge in [-0.15, -0.1) is 12.4 Å². The number of piperazine rings is 1. The Morgan fingerprint density at radius 3 is 2.43 bits per heavy atom. The van der Waals surface area contributed by atoms with Gasteiger partial charge in [0.05, 0.1) is 19.3 Å². The Morgan fingerprint density at radius 2 is 1.91 bits per heavy atom. The van der Waals surface area contributed by atoms with E-state index in [-0.39, 0.29) is 30.6 Å². The molecule has 1 aliphatic rings. The van der Waals surface area contributed by atoms with Gasteiger partial charge in [-0.3, -0.25) is 9.29 Å². The number of rotatable bonds is 5. The molecule has 1 N–H and O–H groups in total. The molecule has 0 bridgehead atoms. The number of methoxy groups -OCH3 is 1. The molecule has 1 heterocycles. The van der Waals surface area contributed by atoms with Crippen molar-refractivity contribution < 1.29 is 22.3 Å². The molecule has 0 amide bonds. The minimum atomic E-state index is -4.42. The number of halogens is 5. The SMILES string of the molecule is COc1cc(C(F)(F)F)ccc1[C@H](CCF)N1CCNCC1.Cl. The summed E-state index contributed by atoms with van der Waals surface area (Å²) >= 11 is 0. The molecule has 0 unspecified atom stereocenters. The quantitative estimate of drug-likeness (QED) is 0.818. The Hall–Kier alpha value is -1.05. The average molecular weight is 357 g/mol. The van der Waals surface area contributed by atoms with E-state index in [1.54, 1.807) is 0 Å². The van der Waals surface area contributed by atoms with E-state index >= 15 is 0 Å². The molecule has 3 nitrogen and oxygen atoms in total. The number of nitrogens with zero attached hydrogens (tertiary/aromatic N) is 1. The molecule has 23 heavy (non-hydrogen) atoms. The lowest BCUT2D eigenvalue weighted by atomic mass is 9.98. The van der Waals surface area contributed by atoms with Gasteiger partial charge in [0.15, 0.2) is 0 Å². The minimum absolute atomic E-state index is 0. The lowest BCUT2D eigenvalue weighted by molar-refractivity contribution is -0.137. The minimum Gasteiger partial charge on any atom is -0.496 e. The number of nitrogens with one attached hydrogen (secondary N) is 1. The van der Waals surface area contributed by atoms with E-state index in [1.807, 2.05) is 0 Å². The van der Waals surface area contributed by atoms with Crippen LogP contribution in [0.4, 0.5) is 17.6 Å². The number of benzene rings is 1. The second-order valence-corrected chi connectivity index (χ2v) is 5.23. The molecule has 132 valence electrons. The molecular formula is C15H21ClF4N2O. The van der Waals surface area contributed by atoms with Crippen LogP contribution in [0, 0.1) is 0 Å². The van der Waals surface area contributed by atoms with Crippen molar-refractivity contribution in [3.63, 3.8) is 0 Å². The fourth-order valence-electron chi connectivity index (χ4n) is 2.79. The summed E-state index contributed by atoms with van der Waals surface area (Å²) in [6, 6.07) is 3.15. The van der Waals surface area contributed by atoms with Crippen molar-refractivity contribution in [3.8, 4) is 5.75 Å². The smallest absolute Gasteiger partial charge is 0.416 e. The van der Waals surface area contributed by atoms with Gasteiger partial charge >= 0.3 is 6.18 Å². The van der Waals surface area contributed by atoms with Crippen LogP contribution in [-0.2, 0) is 6.18 Å². The van der Waals surface area contributed by atoms with Gasteiger partial charge in [0.2, 0.25) is 0 Å². The van der Waals surface area contributed by atoms with E-state index in [1.165, 1.54) is 13.2 Å². The molecule has 1 aromatic rings. The lowest BCUT2D eigenvalue weighted by Crippen LogP contribution is -2.45. The van der Waals surface area contributed by atoms with E-state index in [0.717, 1.165) is 38.3 Å². The molecule has 1 fully saturated rings. The third-order valence-corrected chi connectivity index (χ3v) is 3.89. The molecule has 0 aliphatic carbocycles. The fourth-order valence-corrected chi connectivity index (χ4v) is 2.79. The summed E-state index contributed by atoms with van der Waals surface area (Å²) in [5.41, 5.74) is -0.151. The molecule has 1 aromatic carbocycles. The second-order valence-electron chi connectivity index (χ2n) is 5.23. The predicted molar refractivity (Wildman–Crippen MR) is 83.0 cm³/mol. The summed E-state index contributed by atoms with van der Waals surface area (Å²) in [7, 11) is 1.34. The fraction of sp³-hybridized carbons (Fsp3) is 0.600. The molecule has 0 radical (unpaired) electrons. The first-order valence-electron chi connectivity index (χ1n) is 7.23. The highest BCUT2D eigenvalue weighted by Crippen LogP contribution is 2.37. The Kier molecular flexibility index (Phi) is 7.57. The monoisotopic (exact) mass is 356 g/mol. The van der Waals surface area contributed by atoms with Crippen molar-refractivity contribution in [1.82, 2.24) is 10.2 Å². The van der Waals surface area contributed by atoms with Crippen LogP contribution in [0.15, 0.2) is 18.2 Å². The van der Waals surface area contributed by atoms with E-state index in [4.69, 9.17) is 4.74 Å². The first kappa shape index (κ1) is 20.0. The van der Waals surface area contributed by atoms with Crippen molar-refractivity contribution in [2.75, 3.05) is 40.0 Å². The van der Waals surface area contributed by atoms with Gasteiger partial charge in [0.1, 0.15) is 5.75 Å². The third-order valence-electron chi connectivity index (χ3n) is 3.89. The highest BCUT2D eigenvalue weighted by Gasteiger charge is 2.32. The first-order valence-corrected chi connectivity index (χ1v) is 7.23. The van der Waals surface area contributed by atoms with Gasteiger partial charge < -0.3 is 10.1 Å². The summed E-state index contributed by atoms with van der Waals surface area (Å²) in [6.07, 6.45) is -4.18. The van der Waals surface area contributed by atoms with Crippen molar-refractivity contribution in [2.45, 2.75) is 18.6 Å². The number of ether oxygens (including phenoxy) is 1. The first-order chi connectivity index (χ1) is 10.5. The Balaban J connectivity index is 0.00000264. The summed E-state index contributed by atoms with van der Waals surface area (Å²) < 4.78 is 56.5. The number of hydrogen-bond acceptors (Lipinski definition) is 3. The maximum Gasteiger partial charge on any atom is 0.416 e. The van der Waals surface area contributed by atoms with Crippen LogP contribution in [0.5, 0.6) is 5.75 Å². The largest absolute Gasteiger partial charge is 0.496 e. The lowest BCUT2D eigenvalue weighted by Gasteiger charge is -2.35. The van der Waals surface area contributed by atoms with E-state index in [2.05, 4.69) is 10.2 Å². The number of alkyl halides is 4. The highest BCUT2D eigenvalue weighted by molar-refractivity contribution is 5.85. The summed E-state index contributed by atoms with van der Waals surface area (Å²) in [6.45, 7) is 2.50. The van der Waals surface area contributed by atoms with Crippen LogP contribution in [0.25, 0.3) is 0 Å².